The zero-order chi connectivity index (χ0) is 22.3. The second-order valence-corrected chi connectivity index (χ2v) is 9.05. The van der Waals surface area contributed by atoms with Gasteiger partial charge >= 0.3 is 0 Å². The van der Waals surface area contributed by atoms with Gasteiger partial charge in [0.2, 0.25) is 0 Å². The van der Waals surface area contributed by atoms with Gasteiger partial charge in [-0.25, -0.2) is 4.98 Å². The van der Waals surface area contributed by atoms with E-state index in [2.05, 4.69) is 46.9 Å². The monoisotopic (exact) mass is 424 g/mol. The van der Waals surface area contributed by atoms with Gasteiger partial charge in [-0.3, -0.25) is 9.89 Å². The van der Waals surface area contributed by atoms with E-state index < -0.39 is 0 Å². The molecule has 0 spiro atoms. The van der Waals surface area contributed by atoms with Crippen molar-refractivity contribution in [2.24, 2.45) is 5.92 Å². The van der Waals surface area contributed by atoms with Crippen molar-refractivity contribution in [3.05, 3.63) is 72.2 Å². The summed E-state index contributed by atoms with van der Waals surface area (Å²) in [7, 11) is 0. The summed E-state index contributed by atoms with van der Waals surface area (Å²) >= 11 is 0. The number of rotatable bonds is 4. The van der Waals surface area contributed by atoms with Gasteiger partial charge in [0.15, 0.2) is 0 Å². The van der Waals surface area contributed by atoms with E-state index in [-0.39, 0.29) is 11.4 Å². The molecule has 1 amide bonds. The van der Waals surface area contributed by atoms with E-state index in [4.69, 9.17) is 10.2 Å². The van der Waals surface area contributed by atoms with E-state index >= 15 is 0 Å². The number of benzene rings is 1. The predicted octanol–water partition coefficient (Wildman–Crippen LogP) is 4.24. The van der Waals surface area contributed by atoms with Crippen LogP contribution in [0.25, 0.3) is 22.3 Å². The number of nitriles is 1. The SMILES string of the molecule is CC1(C)CC(Cn2ccc3nc(-c4cn[nH]c4)ccc32)CN1C(=O)c1cccc(C#N)c1. The van der Waals surface area contributed by atoms with Crippen molar-refractivity contribution in [3.63, 3.8) is 0 Å². The molecule has 1 aromatic carbocycles. The molecule has 3 aromatic heterocycles. The van der Waals surface area contributed by atoms with Crippen molar-refractivity contribution in [2.75, 3.05) is 6.54 Å². The first-order valence-corrected chi connectivity index (χ1v) is 10.7. The van der Waals surface area contributed by atoms with Crippen LogP contribution in [0, 0.1) is 17.2 Å². The predicted molar refractivity (Wildman–Crippen MR) is 122 cm³/mol. The van der Waals surface area contributed by atoms with Crippen LogP contribution in [0.15, 0.2) is 61.1 Å². The Morgan fingerprint density at radius 2 is 2.16 bits per heavy atom. The average molecular weight is 425 g/mol. The Bertz CT molecular complexity index is 1330. The number of hydrogen-bond acceptors (Lipinski definition) is 4. The Morgan fingerprint density at radius 3 is 2.94 bits per heavy atom. The highest BCUT2D eigenvalue weighted by Crippen LogP contribution is 2.35. The molecule has 4 heterocycles. The van der Waals surface area contributed by atoms with Crippen LogP contribution in [0.4, 0.5) is 0 Å². The van der Waals surface area contributed by atoms with E-state index in [0.717, 1.165) is 35.3 Å². The topological polar surface area (TPSA) is 90.6 Å². The second kappa shape index (κ2) is 7.65. The van der Waals surface area contributed by atoms with Crippen LogP contribution in [0.2, 0.25) is 0 Å². The summed E-state index contributed by atoms with van der Waals surface area (Å²) in [6.45, 7) is 5.74. The van der Waals surface area contributed by atoms with Gasteiger partial charge in [0.1, 0.15) is 0 Å². The third-order valence-electron chi connectivity index (χ3n) is 6.32. The number of pyridine rings is 1. The molecule has 0 aliphatic carbocycles. The van der Waals surface area contributed by atoms with Gasteiger partial charge in [-0.05, 0) is 62.6 Å². The number of nitrogens with zero attached hydrogens (tertiary/aromatic N) is 5. The van der Waals surface area contributed by atoms with Crippen LogP contribution in [-0.2, 0) is 6.54 Å². The van der Waals surface area contributed by atoms with Crippen LogP contribution in [0.1, 0.15) is 36.2 Å². The lowest BCUT2D eigenvalue weighted by Gasteiger charge is -2.31. The van der Waals surface area contributed by atoms with E-state index in [9.17, 15) is 4.79 Å². The molecule has 1 unspecified atom stereocenters. The molecule has 7 heteroatoms. The smallest absolute Gasteiger partial charge is 0.254 e. The minimum atomic E-state index is -0.250. The van der Waals surface area contributed by atoms with Crippen molar-refractivity contribution in [1.29, 1.82) is 5.26 Å². The van der Waals surface area contributed by atoms with E-state index in [1.807, 2.05) is 23.2 Å². The number of aromatic amines is 1. The highest BCUT2D eigenvalue weighted by molar-refractivity contribution is 5.95. The molecule has 160 valence electrons. The number of hydrogen-bond donors (Lipinski definition) is 1. The summed E-state index contributed by atoms with van der Waals surface area (Å²) in [5, 5.41) is 16.0. The summed E-state index contributed by atoms with van der Waals surface area (Å²) in [5.74, 6) is 0.315. The number of H-pyrrole nitrogens is 1. The van der Waals surface area contributed by atoms with Gasteiger partial charge in [-0.1, -0.05) is 6.07 Å². The van der Waals surface area contributed by atoms with Gasteiger partial charge in [0, 0.05) is 42.1 Å². The zero-order valence-electron chi connectivity index (χ0n) is 18.1. The number of aromatic nitrogens is 4. The second-order valence-electron chi connectivity index (χ2n) is 9.05. The van der Waals surface area contributed by atoms with E-state index in [1.165, 1.54) is 0 Å². The maximum atomic E-state index is 13.2. The van der Waals surface area contributed by atoms with Gasteiger partial charge in [-0.2, -0.15) is 10.4 Å². The summed E-state index contributed by atoms with van der Waals surface area (Å²) in [5.41, 5.74) is 4.71. The Labute approximate surface area is 186 Å². The Hall–Kier alpha value is -3.92. The van der Waals surface area contributed by atoms with Crippen molar-refractivity contribution >= 4 is 16.9 Å². The standard InChI is InChI=1S/C25H24N6O/c1-25(2)11-18(16-31(25)24(32)19-5-3-4-17(10-19)12-26)15-30-9-8-22-23(30)7-6-21(29-22)20-13-27-28-14-20/h3-10,13-14,18H,11,15-16H2,1-2H3,(H,27,28). The molecule has 4 aromatic rings. The Kier molecular flexibility index (Phi) is 4.78. The average Bonchev–Trinajstić information content (AvgIpc) is 3.52. The van der Waals surface area contributed by atoms with Crippen LogP contribution >= 0.6 is 0 Å². The maximum absolute atomic E-state index is 13.2. The van der Waals surface area contributed by atoms with Gasteiger partial charge in [0.25, 0.3) is 5.91 Å². The van der Waals surface area contributed by atoms with Crippen molar-refractivity contribution in [3.8, 4) is 17.3 Å². The Balaban J connectivity index is 1.36. The quantitative estimate of drug-likeness (QED) is 0.531. The maximum Gasteiger partial charge on any atom is 0.254 e. The largest absolute Gasteiger partial charge is 0.346 e. The highest BCUT2D eigenvalue weighted by Gasteiger charge is 2.41. The molecule has 0 saturated carbocycles. The van der Waals surface area contributed by atoms with Crippen LogP contribution in [0.5, 0.6) is 0 Å². The third kappa shape index (κ3) is 3.54. The number of likely N-dealkylation sites (tertiary alicyclic amines) is 1. The first-order chi connectivity index (χ1) is 15.4. The van der Waals surface area contributed by atoms with E-state index in [1.54, 1.807) is 30.5 Å². The molecule has 1 saturated heterocycles. The van der Waals surface area contributed by atoms with Gasteiger partial charge < -0.3 is 9.47 Å². The molecular formula is C25H24N6O. The van der Waals surface area contributed by atoms with Crippen molar-refractivity contribution < 1.29 is 4.79 Å². The lowest BCUT2D eigenvalue weighted by molar-refractivity contribution is 0.0649. The molecule has 1 N–H and O–H groups in total. The summed E-state index contributed by atoms with van der Waals surface area (Å²) in [4.78, 5) is 20.0. The van der Waals surface area contributed by atoms with Crippen LogP contribution in [0.3, 0.4) is 0 Å². The molecule has 1 fully saturated rings. The minimum Gasteiger partial charge on any atom is -0.346 e. The number of carbonyl (C=O) groups is 1. The molecule has 0 radical (unpaired) electrons. The summed E-state index contributed by atoms with van der Waals surface area (Å²) in [6, 6.07) is 15.2. The van der Waals surface area contributed by atoms with Gasteiger partial charge in [-0.15, -0.1) is 0 Å². The van der Waals surface area contributed by atoms with Crippen LogP contribution in [-0.4, -0.2) is 42.6 Å². The molecular weight excluding hydrogens is 400 g/mol. The fourth-order valence-corrected chi connectivity index (χ4v) is 4.81. The first kappa shape index (κ1) is 20.0. The van der Waals surface area contributed by atoms with Crippen molar-refractivity contribution in [1.82, 2.24) is 24.6 Å². The lowest BCUT2D eigenvalue weighted by atomic mass is 9.96. The number of amides is 1. The molecule has 32 heavy (non-hydrogen) atoms. The summed E-state index contributed by atoms with van der Waals surface area (Å²) in [6.07, 6.45) is 6.59. The van der Waals surface area contributed by atoms with E-state index in [0.29, 0.717) is 23.6 Å². The third-order valence-corrected chi connectivity index (χ3v) is 6.32. The highest BCUT2D eigenvalue weighted by atomic mass is 16.2. The zero-order valence-corrected chi connectivity index (χ0v) is 18.1. The number of fused-ring (bicyclic) bond motifs is 1. The first-order valence-electron chi connectivity index (χ1n) is 10.7. The molecule has 0 bridgehead atoms. The van der Waals surface area contributed by atoms with Crippen LogP contribution < -0.4 is 0 Å². The van der Waals surface area contributed by atoms with Crippen molar-refractivity contribution in [2.45, 2.75) is 32.4 Å². The molecule has 1 aliphatic heterocycles. The summed E-state index contributed by atoms with van der Waals surface area (Å²) < 4.78 is 2.23. The fraction of sp³-hybridized carbons (Fsp3) is 0.280. The van der Waals surface area contributed by atoms with Gasteiger partial charge in [0.05, 0.1) is 34.6 Å². The fourth-order valence-electron chi connectivity index (χ4n) is 4.81. The molecule has 7 nitrogen and oxygen atoms in total. The molecule has 5 rings (SSSR count). The minimum absolute atomic E-state index is 0.0154. The normalized spacial score (nSPS) is 17.5. The number of nitrogens with one attached hydrogen (secondary N) is 1. The lowest BCUT2D eigenvalue weighted by Crippen LogP contribution is -2.42. The number of carbonyl (C=O) groups excluding carboxylic acids is 1. The Morgan fingerprint density at radius 1 is 1.28 bits per heavy atom. The molecule has 1 atom stereocenters. The molecule has 1 aliphatic rings.